The van der Waals surface area contributed by atoms with Gasteiger partial charge < -0.3 is 44.1 Å². The molecule has 1 amide bonds. The van der Waals surface area contributed by atoms with Crippen LogP contribution in [0.4, 0.5) is 17.1 Å². The minimum atomic E-state index is -4.35. The minimum absolute atomic E-state index is 0.111. The first-order chi connectivity index (χ1) is 51.7. The molecular formula is C86H110N7O13S2+. The van der Waals surface area contributed by atoms with E-state index < -0.39 is 42.9 Å². The highest BCUT2D eigenvalue weighted by Crippen LogP contribution is 2.52. The number of fused-ring (bicyclic) bond motifs is 7. The van der Waals surface area contributed by atoms with Gasteiger partial charge in [0.2, 0.25) is 5.69 Å². The number of benzene rings is 6. The Morgan fingerprint density at radius 1 is 0.694 bits per heavy atom. The number of anilines is 2. The van der Waals surface area contributed by atoms with Gasteiger partial charge in [-0.15, -0.1) is 0 Å². The molecule has 1 atom stereocenters. The van der Waals surface area contributed by atoms with Gasteiger partial charge in [0.1, 0.15) is 5.75 Å². The monoisotopic (exact) mass is 1510 g/mol. The fourth-order valence-electron chi connectivity index (χ4n) is 16.0. The van der Waals surface area contributed by atoms with Crippen molar-refractivity contribution in [2.75, 3.05) is 122 Å². The van der Waals surface area contributed by atoms with Crippen molar-refractivity contribution in [1.82, 2.24) is 20.0 Å². The molecule has 0 radical (unpaired) electrons. The maximum atomic E-state index is 13.2. The van der Waals surface area contributed by atoms with Gasteiger partial charge in [-0.2, -0.15) is 26.5 Å². The number of unbranched alkanes of at least 4 members (excludes halogenated alkanes) is 1. The summed E-state index contributed by atoms with van der Waals surface area (Å²) in [5, 5.41) is 16.2. The molecule has 1 unspecified atom stereocenters. The Labute approximate surface area is 638 Å². The predicted molar refractivity (Wildman–Crippen MR) is 431 cm³/mol. The quantitative estimate of drug-likeness (QED) is 0.0160. The first-order valence-corrected chi connectivity index (χ1v) is 41.5. The van der Waals surface area contributed by atoms with Crippen molar-refractivity contribution in [3.8, 4) is 5.69 Å². The average Bonchev–Trinajstić information content (AvgIpc) is 1.56. The van der Waals surface area contributed by atoms with Crippen LogP contribution in [-0.2, 0) is 67.7 Å². The SMILES string of the molecule is CCC(CS(=O)(=O)O)[N+]1=C(/C=C/C2=C(c3ccc(CNCCCOCCOCCOCCOCCOCCCNc4cc(-n5nc(C)c6c5CC(C)(C)CC6=O)ccc4C(=O)N(C)C)cc3)C(=C/C=C3/N(CCCCS(=O)(=O)O)c4ccc5ccccc5c4C3(C)C)/CCC2)C(C)(C)c2ccc3ccccc3c21. The number of hydrogen-bond donors (Lipinski definition) is 4. The lowest BCUT2D eigenvalue weighted by Crippen LogP contribution is -2.35. The summed E-state index contributed by atoms with van der Waals surface area (Å²) in [6.07, 6.45) is 15.7. The zero-order valence-electron chi connectivity index (χ0n) is 64.7. The summed E-state index contributed by atoms with van der Waals surface area (Å²) in [5.74, 6) is -0.704. The van der Waals surface area contributed by atoms with E-state index in [1.54, 1.807) is 19.0 Å². The van der Waals surface area contributed by atoms with Crippen molar-refractivity contribution < 1.29 is 63.8 Å². The minimum Gasteiger partial charge on any atom is -0.384 e. The normalized spacial score (nSPS) is 17.3. The number of Topliss-reactive ketones (excluding diaryl/α,β-unsaturated/α-hetero) is 1. The smallest absolute Gasteiger partial charge is 0.271 e. The molecule has 11 rings (SSSR count). The van der Waals surface area contributed by atoms with Crippen molar-refractivity contribution in [2.24, 2.45) is 5.41 Å². The second-order valence-corrected chi connectivity index (χ2v) is 34.0. The third-order valence-corrected chi connectivity index (χ3v) is 22.9. The number of aryl methyl sites for hydroxylation is 1. The fourth-order valence-corrected chi connectivity index (χ4v) is 17.4. The van der Waals surface area contributed by atoms with Crippen molar-refractivity contribution in [3.63, 3.8) is 0 Å². The number of nitrogens with zero attached hydrogens (tertiary/aromatic N) is 5. The summed E-state index contributed by atoms with van der Waals surface area (Å²) in [6, 6.07) is 39.2. The molecule has 0 fully saturated rings. The Bertz CT molecular complexity index is 4800. The van der Waals surface area contributed by atoms with E-state index in [2.05, 4.69) is 171 Å². The number of ketones is 1. The number of aromatic nitrogens is 2. The zero-order valence-corrected chi connectivity index (χ0v) is 66.3. The molecule has 4 N–H and O–H groups in total. The Morgan fingerprint density at radius 2 is 1.32 bits per heavy atom. The molecule has 2 aliphatic carbocycles. The summed E-state index contributed by atoms with van der Waals surface area (Å²) in [5.41, 5.74) is 15.4. The molecule has 578 valence electrons. The Kier molecular flexibility index (Phi) is 26.8. The van der Waals surface area contributed by atoms with Crippen LogP contribution in [0.15, 0.2) is 156 Å². The molecule has 7 aromatic rings. The lowest BCUT2D eigenvalue weighted by Gasteiger charge is -2.29. The molecule has 2 aliphatic heterocycles. The van der Waals surface area contributed by atoms with Crippen LogP contribution in [0.3, 0.4) is 0 Å². The number of amides is 1. The topological polar surface area (TPSA) is 240 Å². The molecule has 108 heavy (non-hydrogen) atoms. The van der Waals surface area contributed by atoms with Gasteiger partial charge in [-0.05, 0) is 170 Å². The van der Waals surface area contributed by atoms with E-state index in [1.165, 1.54) is 16.5 Å². The van der Waals surface area contributed by atoms with E-state index in [9.17, 15) is 35.5 Å². The van der Waals surface area contributed by atoms with E-state index in [4.69, 9.17) is 28.8 Å². The van der Waals surface area contributed by atoms with Crippen molar-refractivity contribution in [2.45, 2.75) is 143 Å². The number of carbonyl (C=O) groups is 2. The van der Waals surface area contributed by atoms with E-state index in [0.717, 1.165) is 123 Å². The van der Waals surface area contributed by atoms with Crippen molar-refractivity contribution in [1.29, 1.82) is 0 Å². The van der Waals surface area contributed by atoms with Crippen LogP contribution < -0.4 is 15.5 Å². The van der Waals surface area contributed by atoms with Gasteiger partial charge in [0.05, 0.1) is 97.6 Å². The molecule has 0 saturated carbocycles. The van der Waals surface area contributed by atoms with Crippen LogP contribution in [0, 0.1) is 12.3 Å². The maximum absolute atomic E-state index is 13.2. The van der Waals surface area contributed by atoms with Gasteiger partial charge in [0.25, 0.3) is 26.1 Å². The molecule has 20 nitrogen and oxygen atoms in total. The zero-order chi connectivity index (χ0) is 77.0. The number of hydrogen-bond acceptors (Lipinski definition) is 15. The number of nitrogens with one attached hydrogen (secondary N) is 2. The largest absolute Gasteiger partial charge is 0.384 e. The summed E-state index contributed by atoms with van der Waals surface area (Å²) in [6.45, 7) is 24.3. The van der Waals surface area contributed by atoms with Crippen LogP contribution in [0.1, 0.15) is 161 Å². The first-order valence-electron chi connectivity index (χ1n) is 38.3. The lowest BCUT2D eigenvalue weighted by molar-refractivity contribution is -0.475. The third-order valence-electron chi connectivity index (χ3n) is 21.2. The van der Waals surface area contributed by atoms with Crippen molar-refractivity contribution in [3.05, 3.63) is 201 Å². The molecular weight excluding hydrogens is 1400 g/mol. The Morgan fingerprint density at radius 3 is 1.97 bits per heavy atom. The van der Waals surface area contributed by atoms with Gasteiger partial charge in [-0.1, -0.05) is 132 Å². The standard InChI is InChI=1S/C86H109N7O13S2/c1-11-67(59-108(99,100)101)92-78(85(5,6)72-37-31-63-22-13-15-26-70(63)82(72)92)40-34-65-24-18-23-64(33-39-77-86(7,8)81-69-25-14-12-21-62(69)32-38-74(81)91(77)43-16-17-54-107(96,97)98)80(65)66-29-27-61(28-30-66)58-87-41-19-44-102-46-48-104-50-52-106-53-51-105-49-47-103-45-20-42-88-73-55-68(35-36-71(73)83(95)90(9)10)93-75-56-84(3,4)57-76(94)79(75)60(2)89-93/h12-15,21-22,25-40,55,67,87H,11,16-20,23-24,41-54,56-59H2,1-10H3,(H2-,88,95,96,97,98,99,100,101)/p+1. The number of carbonyl (C=O) groups excluding carboxylic acids is 2. The van der Waals surface area contributed by atoms with Gasteiger partial charge in [0, 0.05) is 93.9 Å². The molecule has 6 aromatic carbocycles. The summed E-state index contributed by atoms with van der Waals surface area (Å²) in [7, 11) is -4.99. The molecule has 1 aromatic heterocycles. The summed E-state index contributed by atoms with van der Waals surface area (Å²) in [4.78, 5) is 30.2. The summed E-state index contributed by atoms with van der Waals surface area (Å²) < 4.78 is 102. The van der Waals surface area contributed by atoms with Crippen molar-refractivity contribution >= 4 is 81.8 Å². The Hall–Kier alpha value is -8.00. The predicted octanol–water partition coefficient (Wildman–Crippen LogP) is 14.9. The highest BCUT2D eigenvalue weighted by molar-refractivity contribution is 7.86. The van der Waals surface area contributed by atoms with Gasteiger partial charge >= 0.3 is 0 Å². The van der Waals surface area contributed by atoms with E-state index in [0.29, 0.717) is 135 Å². The molecule has 3 heterocycles. The lowest BCUT2D eigenvalue weighted by atomic mass is 9.75. The molecule has 4 aliphatic rings. The molecule has 0 spiro atoms. The average molecular weight is 1510 g/mol. The second kappa shape index (κ2) is 35.8. The molecule has 22 heteroatoms. The first kappa shape index (κ1) is 81.0. The third kappa shape index (κ3) is 19.6. The highest BCUT2D eigenvalue weighted by Gasteiger charge is 2.49. The van der Waals surface area contributed by atoms with Gasteiger partial charge in [-0.3, -0.25) is 18.7 Å². The highest BCUT2D eigenvalue weighted by atomic mass is 32.2. The van der Waals surface area contributed by atoms with Crippen LogP contribution in [0.25, 0.3) is 32.8 Å². The molecule has 0 saturated heterocycles. The van der Waals surface area contributed by atoms with Gasteiger partial charge in [0.15, 0.2) is 17.5 Å². The fraction of sp³-hybridized carbons (Fsp3) is 0.465. The Balaban J connectivity index is 0.658. The number of rotatable bonds is 38. The second-order valence-electron chi connectivity index (χ2n) is 30.9. The van der Waals surface area contributed by atoms with Crippen LogP contribution in [0.2, 0.25) is 0 Å². The van der Waals surface area contributed by atoms with E-state index in [-0.39, 0.29) is 22.9 Å². The summed E-state index contributed by atoms with van der Waals surface area (Å²) >= 11 is 0. The molecule has 0 bridgehead atoms. The van der Waals surface area contributed by atoms with Crippen LogP contribution >= 0.6 is 0 Å². The van der Waals surface area contributed by atoms with E-state index in [1.807, 2.05) is 48.9 Å². The number of ether oxygens (including phenoxy) is 5. The van der Waals surface area contributed by atoms with Gasteiger partial charge in [-0.25, -0.2) is 4.68 Å². The maximum Gasteiger partial charge on any atom is 0.271 e. The number of allylic oxidation sites excluding steroid dienone is 8. The van der Waals surface area contributed by atoms with E-state index >= 15 is 0 Å². The van der Waals surface area contributed by atoms with Crippen LogP contribution in [0.5, 0.6) is 0 Å². The van der Waals surface area contributed by atoms with Crippen LogP contribution in [-0.4, -0.2) is 180 Å².